The van der Waals surface area contributed by atoms with E-state index in [1.165, 1.54) is 11.3 Å². The minimum Gasteiger partial charge on any atom is -0.373 e. The van der Waals surface area contributed by atoms with Crippen LogP contribution in [-0.2, 0) is 4.79 Å². The zero-order valence-electron chi connectivity index (χ0n) is 18.8. The molecule has 1 aliphatic heterocycles. The van der Waals surface area contributed by atoms with Crippen molar-refractivity contribution in [2.45, 2.75) is 13.0 Å². The van der Waals surface area contributed by atoms with Crippen LogP contribution in [0.25, 0.3) is 0 Å². The van der Waals surface area contributed by atoms with Gasteiger partial charge in [0.15, 0.2) is 0 Å². The maximum Gasteiger partial charge on any atom is 0.264 e. The van der Waals surface area contributed by atoms with E-state index in [-0.39, 0.29) is 17.5 Å². The van der Waals surface area contributed by atoms with Gasteiger partial charge in [-0.1, -0.05) is 72.8 Å². The molecule has 1 amide bonds. The van der Waals surface area contributed by atoms with E-state index >= 15 is 0 Å². The Balaban J connectivity index is 1.45. The van der Waals surface area contributed by atoms with Crippen LogP contribution in [-0.4, -0.2) is 37.0 Å². The van der Waals surface area contributed by atoms with Gasteiger partial charge in [-0.05, 0) is 35.7 Å². The maximum atomic E-state index is 13.1. The average Bonchev–Trinajstić information content (AvgIpc) is 2.87. The lowest BCUT2D eigenvalue weighted by Gasteiger charge is -2.35. The summed E-state index contributed by atoms with van der Waals surface area (Å²) in [6, 6.07) is 29.9. The van der Waals surface area contributed by atoms with Crippen molar-refractivity contribution in [3.8, 4) is 6.07 Å². The number of benzene rings is 3. The van der Waals surface area contributed by atoms with Gasteiger partial charge in [-0.2, -0.15) is 5.26 Å². The predicted octanol–water partition coefficient (Wildman–Crippen LogP) is 4.43. The predicted molar refractivity (Wildman–Crippen MR) is 132 cm³/mol. The summed E-state index contributed by atoms with van der Waals surface area (Å²) in [5.74, 6) is -0.365. The number of nitrogens with zero attached hydrogens (tertiary/aromatic N) is 3. The van der Waals surface area contributed by atoms with Gasteiger partial charge in [0, 0.05) is 38.1 Å². The van der Waals surface area contributed by atoms with Crippen LogP contribution >= 0.6 is 0 Å². The van der Waals surface area contributed by atoms with Crippen molar-refractivity contribution in [1.29, 1.82) is 5.26 Å². The average molecular weight is 437 g/mol. The minimum atomic E-state index is -0.365. The second kappa shape index (κ2) is 10.5. The molecule has 33 heavy (non-hydrogen) atoms. The second-order valence-corrected chi connectivity index (χ2v) is 8.24. The first-order valence-corrected chi connectivity index (χ1v) is 11.2. The zero-order chi connectivity index (χ0) is 23.0. The summed E-state index contributed by atoms with van der Waals surface area (Å²) in [7, 11) is 0. The maximum absolute atomic E-state index is 13.1. The highest BCUT2D eigenvalue weighted by atomic mass is 16.1. The zero-order valence-corrected chi connectivity index (χ0v) is 18.8. The highest BCUT2D eigenvalue weighted by molar-refractivity contribution is 5.97. The molecule has 0 spiro atoms. The van der Waals surface area contributed by atoms with Gasteiger partial charge in [-0.25, -0.2) is 0 Å². The van der Waals surface area contributed by atoms with Crippen LogP contribution in [0.4, 0.5) is 5.69 Å². The Morgan fingerprint density at radius 3 is 2.06 bits per heavy atom. The monoisotopic (exact) mass is 436 g/mol. The van der Waals surface area contributed by atoms with Gasteiger partial charge in [0.1, 0.15) is 11.6 Å². The van der Waals surface area contributed by atoms with Crippen LogP contribution in [0.2, 0.25) is 0 Å². The Hall–Kier alpha value is -4.04. The standard InChI is InChI=1S/C28H28N4O/c1-22-9-8-14-26(19-22)32-17-15-31(16-18-32)21-25(20-29)28(33)30-27(23-10-4-2-5-11-23)24-12-6-3-7-13-24/h2-14,19,21,27H,15-18H2,1H3,(H,30,33)/b25-21-. The van der Waals surface area contributed by atoms with E-state index in [9.17, 15) is 10.1 Å². The SMILES string of the molecule is Cc1cccc(N2CCN(/C=C(/C#N)C(=O)NC(c3ccccc3)c3ccccc3)CC2)c1. The molecule has 0 aliphatic carbocycles. The second-order valence-electron chi connectivity index (χ2n) is 8.24. The van der Waals surface area contributed by atoms with Gasteiger partial charge < -0.3 is 15.1 Å². The van der Waals surface area contributed by atoms with E-state index in [4.69, 9.17) is 0 Å². The summed E-state index contributed by atoms with van der Waals surface area (Å²) in [6.07, 6.45) is 1.70. The first kappa shape index (κ1) is 22.2. The van der Waals surface area contributed by atoms with E-state index in [2.05, 4.69) is 52.4 Å². The number of piperazine rings is 1. The number of nitrogens with one attached hydrogen (secondary N) is 1. The van der Waals surface area contributed by atoms with Crippen LogP contribution in [0.1, 0.15) is 22.7 Å². The van der Waals surface area contributed by atoms with Crippen LogP contribution < -0.4 is 10.2 Å². The first-order chi connectivity index (χ1) is 16.1. The topological polar surface area (TPSA) is 59.4 Å². The third kappa shape index (κ3) is 5.61. The molecule has 1 heterocycles. The van der Waals surface area contributed by atoms with Crippen molar-refractivity contribution in [3.05, 3.63) is 113 Å². The quantitative estimate of drug-likeness (QED) is 0.459. The lowest BCUT2D eigenvalue weighted by atomic mass is 9.98. The van der Waals surface area contributed by atoms with Crippen molar-refractivity contribution in [3.63, 3.8) is 0 Å². The lowest BCUT2D eigenvalue weighted by Crippen LogP contribution is -2.44. The minimum absolute atomic E-state index is 0.121. The summed E-state index contributed by atoms with van der Waals surface area (Å²) in [4.78, 5) is 17.5. The van der Waals surface area contributed by atoms with Gasteiger partial charge in [-0.15, -0.1) is 0 Å². The molecule has 0 atom stereocenters. The Morgan fingerprint density at radius 2 is 1.52 bits per heavy atom. The third-order valence-electron chi connectivity index (χ3n) is 5.90. The highest BCUT2D eigenvalue weighted by Gasteiger charge is 2.21. The van der Waals surface area contributed by atoms with Gasteiger partial charge in [0.05, 0.1) is 6.04 Å². The fraction of sp³-hybridized carbons (Fsp3) is 0.214. The van der Waals surface area contributed by atoms with Crippen molar-refractivity contribution in [2.75, 3.05) is 31.1 Å². The van der Waals surface area contributed by atoms with Crippen molar-refractivity contribution in [1.82, 2.24) is 10.2 Å². The molecule has 0 radical (unpaired) electrons. The van der Waals surface area contributed by atoms with E-state index < -0.39 is 0 Å². The molecule has 0 unspecified atom stereocenters. The summed E-state index contributed by atoms with van der Waals surface area (Å²) >= 11 is 0. The molecule has 3 aromatic carbocycles. The molecule has 0 aromatic heterocycles. The summed E-state index contributed by atoms with van der Waals surface area (Å²) in [5, 5.41) is 12.8. The number of carbonyl (C=O) groups excluding carboxylic acids is 1. The summed E-state index contributed by atoms with van der Waals surface area (Å²) in [5.41, 5.74) is 4.52. The molecule has 1 aliphatic rings. The Bertz CT molecular complexity index is 1100. The fourth-order valence-electron chi connectivity index (χ4n) is 4.11. The first-order valence-electron chi connectivity index (χ1n) is 11.2. The van der Waals surface area contributed by atoms with Gasteiger partial charge in [0.25, 0.3) is 5.91 Å². The van der Waals surface area contributed by atoms with Crippen molar-refractivity contribution in [2.24, 2.45) is 0 Å². The number of amides is 1. The Labute approximate surface area is 195 Å². The van der Waals surface area contributed by atoms with Gasteiger partial charge in [-0.3, -0.25) is 4.79 Å². The normalized spacial score (nSPS) is 14.2. The molecule has 0 bridgehead atoms. The molecular weight excluding hydrogens is 408 g/mol. The Morgan fingerprint density at radius 1 is 0.909 bits per heavy atom. The molecule has 3 aromatic rings. The molecule has 5 nitrogen and oxygen atoms in total. The number of aryl methyl sites for hydroxylation is 1. The van der Waals surface area contributed by atoms with Crippen LogP contribution in [0.15, 0.2) is 96.7 Å². The third-order valence-corrected chi connectivity index (χ3v) is 5.90. The van der Waals surface area contributed by atoms with Gasteiger partial charge >= 0.3 is 0 Å². The molecule has 1 fully saturated rings. The van der Waals surface area contributed by atoms with E-state index in [1.807, 2.05) is 60.7 Å². The fourth-order valence-corrected chi connectivity index (χ4v) is 4.11. The van der Waals surface area contributed by atoms with Crippen LogP contribution in [0, 0.1) is 18.3 Å². The van der Waals surface area contributed by atoms with Crippen molar-refractivity contribution >= 4 is 11.6 Å². The summed E-state index contributed by atoms with van der Waals surface area (Å²) < 4.78 is 0. The van der Waals surface area contributed by atoms with E-state index in [0.717, 1.165) is 37.3 Å². The molecule has 1 N–H and O–H groups in total. The highest BCUT2D eigenvalue weighted by Crippen LogP contribution is 2.23. The number of nitriles is 1. The number of rotatable bonds is 6. The number of carbonyl (C=O) groups is 1. The molecule has 0 saturated carbocycles. The molecule has 5 heteroatoms. The van der Waals surface area contributed by atoms with Crippen LogP contribution in [0.3, 0.4) is 0 Å². The van der Waals surface area contributed by atoms with E-state index in [1.54, 1.807) is 6.20 Å². The van der Waals surface area contributed by atoms with Gasteiger partial charge in [0.2, 0.25) is 0 Å². The van der Waals surface area contributed by atoms with Crippen molar-refractivity contribution < 1.29 is 4.79 Å². The largest absolute Gasteiger partial charge is 0.373 e. The number of hydrogen-bond donors (Lipinski definition) is 1. The van der Waals surface area contributed by atoms with Crippen LogP contribution in [0.5, 0.6) is 0 Å². The molecule has 4 rings (SSSR count). The number of hydrogen-bond acceptors (Lipinski definition) is 4. The van der Waals surface area contributed by atoms with E-state index in [0.29, 0.717) is 0 Å². The smallest absolute Gasteiger partial charge is 0.264 e. The molecule has 166 valence electrons. The lowest BCUT2D eigenvalue weighted by molar-refractivity contribution is -0.117. The molecular formula is C28H28N4O. The molecule has 1 saturated heterocycles. The Kier molecular flexibility index (Phi) is 7.06. The summed E-state index contributed by atoms with van der Waals surface area (Å²) in [6.45, 7) is 5.30. The number of anilines is 1.